The van der Waals surface area contributed by atoms with Crippen LogP contribution in [0.15, 0.2) is 52.2 Å². The smallest absolute Gasteiger partial charge is 0.332 e. The molecule has 0 saturated carbocycles. The highest BCUT2D eigenvalue weighted by Gasteiger charge is 2.37. The largest absolute Gasteiger partial charge is 0.467 e. The third kappa shape index (κ3) is 4.37. The van der Waals surface area contributed by atoms with Gasteiger partial charge in [-0.05, 0) is 36.8 Å². The molecule has 2 aromatic rings. The first-order valence-electron chi connectivity index (χ1n) is 8.38. The summed E-state index contributed by atoms with van der Waals surface area (Å²) >= 11 is 5.94. The van der Waals surface area contributed by atoms with Crippen molar-refractivity contribution < 1.29 is 23.5 Å². The summed E-state index contributed by atoms with van der Waals surface area (Å²) in [5.41, 5.74) is 1.58. The molecule has 8 heteroatoms. The summed E-state index contributed by atoms with van der Waals surface area (Å²) in [7, 11) is 1.38. The number of benzene rings is 1. The van der Waals surface area contributed by atoms with Crippen molar-refractivity contribution in [3.63, 3.8) is 0 Å². The van der Waals surface area contributed by atoms with Crippen molar-refractivity contribution in [2.75, 3.05) is 13.7 Å². The highest BCUT2D eigenvalue weighted by Crippen LogP contribution is 2.33. The Bertz CT molecular complexity index is 832. The third-order valence-electron chi connectivity index (χ3n) is 4.10. The fraction of sp³-hybridized carbons (Fsp3) is 0.316. The number of carbonyl (C=O) groups is 2. The summed E-state index contributed by atoms with van der Waals surface area (Å²) in [6, 6.07) is 10.3. The molecule has 0 spiro atoms. The summed E-state index contributed by atoms with van der Waals surface area (Å²) in [5, 5.41) is 6.40. The van der Waals surface area contributed by atoms with E-state index in [2.05, 4.69) is 5.10 Å². The van der Waals surface area contributed by atoms with Crippen LogP contribution in [0.1, 0.15) is 30.7 Å². The molecule has 1 aliphatic rings. The number of furan rings is 1. The van der Waals surface area contributed by atoms with Gasteiger partial charge in [-0.25, -0.2) is 9.80 Å². The zero-order chi connectivity index (χ0) is 19.4. The van der Waals surface area contributed by atoms with E-state index in [4.69, 9.17) is 25.5 Å². The summed E-state index contributed by atoms with van der Waals surface area (Å²) in [6.45, 7) is 1.28. The van der Waals surface area contributed by atoms with Gasteiger partial charge < -0.3 is 13.9 Å². The first-order chi connectivity index (χ1) is 13.0. The van der Waals surface area contributed by atoms with Gasteiger partial charge in [0.05, 0.1) is 12.0 Å². The molecule has 2 atom stereocenters. The number of methoxy groups -OCH3 is 1. The van der Waals surface area contributed by atoms with Crippen LogP contribution in [0.4, 0.5) is 0 Å². The lowest BCUT2D eigenvalue weighted by atomic mass is 10.0. The maximum atomic E-state index is 12.9. The molecule has 0 aliphatic carbocycles. The Morgan fingerprint density at radius 1 is 1.33 bits per heavy atom. The van der Waals surface area contributed by atoms with E-state index in [0.29, 0.717) is 17.2 Å². The van der Waals surface area contributed by atoms with E-state index in [9.17, 15) is 9.59 Å². The summed E-state index contributed by atoms with van der Waals surface area (Å²) in [5.74, 6) is -0.453. The number of hydrogen-bond donors (Lipinski definition) is 0. The molecule has 0 unspecified atom stereocenters. The topological polar surface area (TPSA) is 81.3 Å². The van der Waals surface area contributed by atoms with Crippen molar-refractivity contribution in [3.8, 4) is 0 Å². The molecule has 7 nitrogen and oxygen atoms in total. The fourth-order valence-corrected chi connectivity index (χ4v) is 2.94. The average molecular weight is 391 g/mol. The van der Waals surface area contributed by atoms with Gasteiger partial charge in [0.25, 0.3) is 5.91 Å². The van der Waals surface area contributed by atoms with Crippen LogP contribution < -0.4 is 0 Å². The van der Waals surface area contributed by atoms with Gasteiger partial charge in [-0.15, -0.1) is 0 Å². The van der Waals surface area contributed by atoms with Crippen LogP contribution >= 0.6 is 11.6 Å². The molecule has 142 valence electrons. The molecule has 1 aromatic heterocycles. The number of carbonyl (C=O) groups excluding carboxylic acids is 2. The van der Waals surface area contributed by atoms with Gasteiger partial charge in [-0.2, -0.15) is 5.10 Å². The molecule has 0 radical (unpaired) electrons. The second-order valence-corrected chi connectivity index (χ2v) is 6.47. The van der Waals surface area contributed by atoms with E-state index < -0.39 is 24.0 Å². The zero-order valence-electron chi connectivity index (χ0n) is 14.9. The van der Waals surface area contributed by atoms with Gasteiger partial charge in [0.2, 0.25) is 0 Å². The maximum Gasteiger partial charge on any atom is 0.332 e. The molecule has 0 saturated heterocycles. The first-order valence-corrected chi connectivity index (χ1v) is 8.75. The van der Waals surface area contributed by atoms with E-state index in [-0.39, 0.29) is 6.61 Å². The minimum Gasteiger partial charge on any atom is -0.467 e. The molecule has 2 heterocycles. The van der Waals surface area contributed by atoms with Crippen LogP contribution in [0, 0.1) is 0 Å². The summed E-state index contributed by atoms with van der Waals surface area (Å²) in [6.07, 6.45) is 1.01. The van der Waals surface area contributed by atoms with Crippen LogP contribution in [0.25, 0.3) is 0 Å². The van der Waals surface area contributed by atoms with Crippen LogP contribution in [0.5, 0.6) is 0 Å². The molecule has 3 rings (SSSR count). The lowest BCUT2D eigenvalue weighted by Gasteiger charge is -2.23. The molecule has 0 bridgehead atoms. The minimum atomic E-state index is -1.00. The predicted octanol–water partition coefficient (Wildman–Crippen LogP) is 3.19. The summed E-state index contributed by atoms with van der Waals surface area (Å²) < 4.78 is 15.3. The van der Waals surface area contributed by atoms with E-state index in [1.165, 1.54) is 19.0 Å². The molecule has 1 amide bonds. The number of rotatable bonds is 6. The van der Waals surface area contributed by atoms with Crippen molar-refractivity contribution in [3.05, 3.63) is 59.0 Å². The Morgan fingerprint density at radius 2 is 2.07 bits per heavy atom. The van der Waals surface area contributed by atoms with Crippen molar-refractivity contribution in [1.29, 1.82) is 0 Å². The van der Waals surface area contributed by atoms with Crippen molar-refractivity contribution in [2.24, 2.45) is 5.10 Å². The molecule has 1 aromatic carbocycles. The van der Waals surface area contributed by atoms with Crippen molar-refractivity contribution in [2.45, 2.75) is 25.5 Å². The normalized spacial score (nSPS) is 17.5. The molecular weight excluding hydrogens is 372 g/mol. The molecule has 0 N–H and O–H groups in total. The van der Waals surface area contributed by atoms with Gasteiger partial charge in [0.15, 0.2) is 6.10 Å². The number of amides is 1. The first kappa shape index (κ1) is 19.1. The second kappa shape index (κ2) is 8.37. The van der Waals surface area contributed by atoms with Gasteiger partial charge in [0.1, 0.15) is 18.4 Å². The molecule has 1 aliphatic heterocycles. The van der Waals surface area contributed by atoms with Gasteiger partial charge in [-0.1, -0.05) is 23.7 Å². The number of esters is 1. The van der Waals surface area contributed by atoms with Crippen molar-refractivity contribution in [1.82, 2.24) is 5.01 Å². The average Bonchev–Trinajstić information content (AvgIpc) is 3.31. The number of hydrogen-bond acceptors (Lipinski definition) is 6. The number of halogens is 1. The molecule has 27 heavy (non-hydrogen) atoms. The Morgan fingerprint density at radius 3 is 2.70 bits per heavy atom. The van der Waals surface area contributed by atoms with Gasteiger partial charge in [-0.3, -0.25) is 4.79 Å². The van der Waals surface area contributed by atoms with E-state index in [1.807, 2.05) is 12.1 Å². The lowest BCUT2D eigenvalue weighted by molar-refractivity contribution is -0.162. The highest BCUT2D eigenvalue weighted by molar-refractivity contribution is 6.30. The number of ether oxygens (including phenoxy) is 2. The van der Waals surface area contributed by atoms with Crippen LogP contribution in [-0.2, 0) is 19.1 Å². The molecular formula is C19H19ClN2O5. The zero-order valence-corrected chi connectivity index (χ0v) is 15.7. The lowest BCUT2D eigenvalue weighted by Crippen LogP contribution is -2.37. The minimum absolute atomic E-state index is 0.224. The fourth-order valence-electron chi connectivity index (χ4n) is 2.82. The van der Waals surface area contributed by atoms with Crippen molar-refractivity contribution >= 4 is 29.2 Å². The number of nitrogens with zero attached hydrogens (tertiary/aromatic N) is 2. The van der Waals surface area contributed by atoms with E-state index in [0.717, 1.165) is 11.3 Å². The third-order valence-corrected chi connectivity index (χ3v) is 4.36. The summed E-state index contributed by atoms with van der Waals surface area (Å²) in [4.78, 5) is 24.5. The quantitative estimate of drug-likeness (QED) is 0.707. The van der Waals surface area contributed by atoms with Crippen LogP contribution in [0.3, 0.4) is 0 Å². The SMILES string of the molecule is COCC(=O)O[C@@H](C)C(=O)N1N=C(c2ccc(Cl)cc2)C[C@H]1c1ccco1. The van der Waals surface area contributed by atoms with Gasteiger partial charge in [0, 0.05) is 18.6 Å². The highest BCUT2D eigenvalue weighted by atomic mass is 35.5. The monoisotopic (exact) mass is 390 g/mol. The second-order valence-electron chi connectivity index (χ2n) is 6.04. The molecule has 0 fully saturated rings. The van der Waals surface area contributed by atoms with E-state index >= 15 is 0 Å². The Hall–Kier alpha value is -2.64. The van der Waals surface area contributed by atoms with E-state index in [1.54, 1.807) is 30.5 Å². The Kier molecular flexibility index (Phi) is 5.93. The number of hydrazone groups is 1. The van der Waals surface area contributed by atoms with Crippen LogP contribution in [0.2, 0.25) is 5.02 Å². The van der Waals surface area contributed by atoms with Crippen LogP contribution in [-0.4, -0.2) is 42.4 Å². The maximum absolute atomic E-state index is 12.9. The predicted molar refractivity (Wildman–Crippen MR) is 98.3 cm³/mol. The Balaban J connectivity index is 1.84. The standard InChI is InChI=1S/C19H19ClN2O5/c1-12(27-18(23)11-25-2)19(24)22-16(17-4-3-9-26-17)10-15(21-22)13-5-7-14(20)8-6-13/h3-9,12,16H,10-11H2,1-2H3/t12-,16-/m0/s1. The van der Waals surface area contributed by atoms with Gasteiger partial charge >= 0.3 is 5.97 Å². The Labute approximate surface area is 161 Å².